The van der Waals surface area contributed by atoms with Gasteiger partial charge in [-0.3, -0.25) is 4.79 Å². The molecule has 1 heterocycles. The molecule has 0 saturated heterocycles. The van der Waals surface area contributed by atoms with Crippen molar-refractivity contribution in [1.29, 1.82) is 0 Å². The molecular formula is C14H9Cl2N3O2. The van der Waals surface area contributed by atoms with Crippen LogP contribution in [0.4, 0.5) is 0 Å². The van der Waals surface area contributed by atoms with Crippen molar-refractivity contribution in [2.45, 2.75) is 6.73 Å². The molecule has 3 rings (SSSR count). The van der Waals surface area contributed by atoms with E-state index in [9.17, 15) is 4.79 Å². The van der Waals surface area contributed by atoms with Gasteiger partial charge in [0.2, 0.25) is 0 Å². The van der Waals surface area contributed by atoms with E-state index in [2.05, 4.69) is 10.3 Å². The van der Waals surface area contributed by atoms with Crippen LogP contribution in [0.25, 0.3) is 10.9 Å². The van der Waals surface area contributed by atoms with Crippen molar-refractivity contribution in [1.82, 2.24) is 15.0 Å². The van der Waals surface area contributed by atoms with Crippen LogP contribution in [0.15, 0.2) is 47.3 Å². The summed E-state index contributed by atoms with van der Waals surface area (Å²) in [5.41, 5.74) is 0.262. The molecule has 0 spiro atoms. The van der Waals surface area contributed by atoms with E-state index in [0.29, 0.717) is 26.7 Å². The van der Waals surface area contributed by atoms with Crippen molar-refractivity contribution in [3.63, 3.8) is 0 Å². The summed E-state index contributed by atoms with van der Waals surface area (Å²) in [6, 6.07) is 12.0. The van der Waals surface area contributed by atoms with Crippen LogP contribution in [0.2, 0.25) is 10.0 Å². The molecule has 0 aliphatic rings. The molecule has 0 amide bonds. The summed E-state index contributed by atoms with van der Waals surface area (Å²) in [6.45, 7) is -0.100. The number of nitrogens with zero attached hydrogens (tertiary/aromatic N) is 3. The molecule has 2 aromatic carbocycles. The van der Waals surface area contributed by atoms with Gasteiger partial charge in [0, 0.05) is 0 Å². The SMILES string of the molecule is O=c1c2ccccc2nnn1COc1cccc(Cl)c1Cl. The number of fused-ring (bicyclic) bond motifs is 1. The number of benzene rings is 2. The lowest BCUT2D eigenvalue weighted by Gasteiger charge is -2.09. The molecule has 21 heavy (non-hydrogen) atoms. The zero-order valence-electron chi connectivity index (χ0n) is 10.7. The normalized spacial score (nSPS) is 10.8. The first kappa shape index (κ1) is 13.9. The van der Waals surface area contributed by atoms with Crippen molar-refractivity contribution in [3.05, 3.63) is 62.9 Å². The van der Waals surface area contributed by atoms with Gasteiger partial charge in [0.1, 0.15) is 16.3 Å². The minimum atomic E-state index is -0.279. The van der Waals surface area contributed by atoms with E-state index in [-0.39, 0.29) is 12.3 Å². The maximum atomic E-state index is 12.2. The second kappa shape index (κ2) is 5.71. The Morgan fingerprint density at radius 2 is 1.90 bits per heavy atom. The molecule has 0 bridgehead atoms. The Hall–Kier alpha value is -2.11. The Labute approximate surface area is 129 Å². The van der Waals surface area contributed by atoms with E-state index in [1.165, 1.54) is 0 Å². The summed E-state index contributed by atoms with van der Waals surface area (Å²) in [5, 5.41) is 8.95. The standard InChI is InChI=1S/C14H9Cl2N3O2/c15-10-5-3-7-12(13(10)16)21-8-19-14(20)9-4-1-2-6-11(9)17-18-19/h1-7H,8H2. The largest absolute Gasteiger partial charge is 0.469 e. The smallest absolute Gasteiger partial charge is 0.280 e. The van der Waals surface area contributed by atoms with Crippen LogP contribution < -0.4 is 10.3 Å². The monoisotopic (exact) mass is 321 g/mol. The summed E-state index contributed by atoms with van der Waals surface area (Å²) in [4.78, 5) is 12.2. The highest BCUT2D eigenvalue weighted by molar-refractivity contribution is 6.42. The first-order valence-corrected chi connectivity index (χ1v) is 6.82. The summed E-state index contributed by atoms with van der Waals surface area (Å²) in [7, 11) is 0. The van der Waals surface area contributed by atoms with E-state index in [0.717, 1.165) is 4.68 Å². The number of aromatic nitrogens is 3. The third-order valence-corrected chi connectivity index (χ3v) is 3.69. The number of ether oxygens (including phenoxy) is 1. The van der Waals surface area contributed by atoms with Gasteiger partial charge >= 0.3 is 0 Å². The van der Waals surface area contributed by atoms with E-state index >= 15 is 0 Å². The molecule has 3 aromatic rings. The zero-order valence-corrected chi connectivity index (χ0v) is 12.2. The predicted octanol–water partition coefficient (Wildman–Crippen LogP) is 3.13. The predicted molar refractivity (Wildman–Crippen MR) is 80.9 cm³/mol. The van der Waals surface area contributed by atoms with Crippen LogP contribution in [-0.4, -0.2) is 15.0 Å². The molecule has 0 aliphatic carbocycles. The average Bonchev–Trinajstić information content (AvgIpc) is 2.51. The molecule has 0 fully saturated rings. The maximum absolute atomic E-state index is 12.2. The molecule has 7 heteroatoms. The topological polar surface area (TPSA) is 57.0 Å². The van der Waals surface area contributed by atoms with Crippen LogP contribution >= 0.6 is 23.2 Å². The third kappa shape index (κ3) is 2.70. The van der Waals surface area contributed by atoms with Crippen molar-refractivity contribution in [3.8, 4) is 5.75 Å². The second-order valence-electron chi connectivity index (χ2n) is 4.24. The van der Waals surface area contributed by atoms with Crippen LogP contribution in [0.1, 0.15) is 0 Å². The highest BCUT2D eigenvalue weighted by Gasteiger charge is 2.08. The fourth-order valence-corrected chi connectivity index (χ4v) is 2.18. The first-order chi connectivity index (χ1) is 10.2. The number of hydrogen-bond acceptors (Lipinski definition) is 4. The molecule has 0 N–H and O–H groups in total. The molecule has 0 aliphatic heterocycles. The van der Waals surface area contributed by atoms with Crippen molar-refractivity contribution < 1.29 is 4.74 Å². The Balaban J connectivity index is 1.90. The number of halogens is 2. The Morgan fingerprint density at radius 1 is 1.10 bits per heavy atom. The first-order valence-electron chi connectivity index (χ1n) is 6.06. The third-order valence-electron chi connectivity index (χ3n) is 2.89. The lowest BCUT2D eigenvalue weighted by Crippen LogP contribution is -2.26. The fraction of sp³-hybridized carbons (Fsp3) is 0.0714. The van der Waals surface area contributed by atoms with E-state index in [1.54, 1.807) is 42.5 Å². The van der Waals surface area contributed by atoms with Gasteiger partial charge in [0.25, 0.3) is 5.56 Å². The Morgan fingerprint density at radius 3 is 2.76 bits per heavy atom. The molecule has 106 valence electrons. The quantitative estimate of drug-likeness (QED) is 0.743. The Bertz CT molecular complexity index is 864. The van der Waals surface area contributed by atoms with Gasteiger partial charge < -0.3 is 4.74 Å². The lowest BCUT2D eigenvalue weighted by molar-refractivity contribution is 0.211. The fourth-order valence-electron chi connectivity index (χ4n) is 1.83. The van der Waals surface area contributed by atoms with Gasteiger partial charge in [-0.1, -0.05) is 46.6 Å². The molecule has 1 aromatic heterocycles. The summed E-state index contributed by atoms with van der Waals surface area (Å²) >= 11 is 11.9. The van der Waals surface area contributed by atoms with Gasteiger partial charge in [-0.25, -0.2) is 0 Å². The van der Waals surface area contributed by atoms with Gasteiger partial charge in [0.05, 0.1) is 10.4 Å². The lowest BCUT2D eigenvalue weighted by atomic mass is 10.2. The highest BCUT2D eigenvalue weighted by atomic mass is 35.5. The molecule has 0 unspecified atom stereocenters. The zero-order chi connectivity index (χ0) is 14.8. The Kier molecular flexibility index (Phi) is 3.77. The van der Waals surface area contributed by atoms with Crippen molar-refractivity contribution >= 4 is 34.1 Å². The van der Waals surface area contributed by atoms with E-state index < -0.39 is 0 Å². The van der Waals surface area contributed by atoms with Crippen molar-refractivity contribution in [2.75, 3.05) is 0 Å². The van der Waals surface area contributed by atoms with Crippen LogP contribution in [0.3, 0.4) is 0 Å². The minimum Gasteiger partial charge on any atom is -0.469 e. The van der Waals surface area contributed by atoms with Crippen LogP contribution in [0, 0.1) is 0 Å². The van der Waals surface area contributed by atoms with Crippen molar-refractivity contribution in [2.24, 2.45) is 0 Å². The second-order valence-corrected chi connectivity index (χ2v) is 5.02. The molecule has 0 saturated carbocycles. The summed E-state index contributed by atoms with van der Waals surface area (Å²) in [5.74, 6) is 0.381. The highest BCUT2D eigenvalue weighted by Crippen LogP contribution is 2.31. The average molecular weight is 322 g/mol. The van der Waals surface area contributed by atoms with E-state index in [1.807, 2.05) is 0 Å². The minimum absolute atomic E-state index is 0.100. The molecular weight excluding hydrogens is 313 g/mol. The number of hydrogen-bond donors (Lipinski definition) is 0. The molecule has 5 nitrogen and oxygen atoms in total. The van der Waals surface area contributed by atoms with Gasteiger partial charge in [-0.2, -0.15) is 4.68 Å². The van der Waals surface area contributed by atoms with Gasteiger partial charge in [0.15, 0.2) is 6.73 Å². The maximum Gasteiger partial charge on any atom is 0.280 e. The van der Waals surface area contributed by atoms with E-state index in [4.69, 9.17) is 27.9 Å². The summed E-state index contributed by atoms with van der Waals surface area (Å²) in [6.07, 6.45) is 0. The van der Waals surface area contributed by atoms with Gasteiger partial charge in [-0.05, 0) is 24.3 Å². The molecule has 0 radical (unpaired) electrons. The summed E-state index contributed by atoms with van der Waals surface area (Å²) < 4.78 is 6.60. The van der Waals surface area contributed by atoms with Gasteiger partial charge in [-0.15, -0.1) is 5.10 Å². The van der Waals surface area contributed by atoms with Crippen LogP contribution in [-0.2, 0) is 6.73 Å². The molecule has 0 atom stereocenters. The number of rotatable bonds is 3. The van der Waals surface area contributed by atoms with Crippen LogP contribution in [0.5, 0.6) is 5.75 Å².